The lowest BCUT2D eigenvalue weighted by Gasteiger charge is -1.89. The summed E-state index contributed by atoms with van der Waals surface area (Å²) in [6, 6.07) is 0. The Balaban J connectivity index is 2.94. The van der Waals surface area contributed by atoms with Crippen LogP contribution in [0.2, 0.25) is 0 Å². The summed E-state index contributed by atoms with van der Waals surface area (Å²) in [6.07, 6.45) is 1.10. The van der Waals surface area contributed by atoms with Gasteiger partial charge < -0.3 is 0 Å². The van der Waals surface area contributed by atoms with Crippen molar-refractivity contribution in [3.8, 4) is 0 Å². The predicted octanol–water partition coefficient (Wildman–Crippen LogP) is 0.573. The fourth-order valence-electron chi connectivity index (χ4n) is 0.478. The van der Waals surface area contributed by atoms with Gasteiger partial charge in [-0.2, -0.15) is 14.4 Å². The Labute approximate surface area is 52.0 Å². The van der Waals surface area contributed by atoms with E-state index in [2.05, 4.69) is 15.0 Å². The van der Waals surface area contributed by atoms with Crippen molar-refractivity contribution >= 4 is 0 Å². The van der Waals surface area contributed by atoms with Crippen LogP contribution in [0, 0.1) is 6.08 Å². The van der Waals surface area contributed by atoms with Crippen LogP contribution in [-0.2, 0) is 6.42 Å². The Bertz CT molecular complexity index is 201. The Morgan fingerprint density at radius 1 is 1.56 bits per heavy atom. The molecule has 4 heteroatoms. The van der Waals surface area contributed by atoms with Crippen LogP contribution in [0.1, 0.15) is 12.7 Å². The van der Waals surface area contributed by atoms with E-state index >= 15 is 0 Å². The van der Waals surface area contributed by atoms with E-state index in [0.29, 0.717) is 12.2 Å². The van der Waals surface area contributed by atoms with E-state index in [-0.39, 0.29) is 0 Å². The van der Waals surface area contributed by atoms with Crippen LogP contribution in [0.25, 0.3) is 0 Å². The average Bonchev–Trinajstić information content (AvgIpc) is 1.88. The molecule has 1 heterocycles. The first kappa shape index (κ1) is 6.07. The summed E-state index contributed by atoms with van der Waals surface area (Å²) in [5.74, 6) is 0.488. The van der Waals surface area contributed by atoms with Gasteiger partial charge in [-0.15, -0.1) is 0 Å². The van der Waals surface area contributed by atoms with Crippen LogP contribution in [0.3, 0.4) is 0 Å². The van der Waals surface area contributed by atoms with E-state index < -0.39 is 6.08 Å². The Morgan fingerprint density at radius 3 is 2.78 bits per heavy atom. The Morgan fingerprint density at radius 2 is 2.33 bits per heavy atom. The summed E-state index contributed by atoms with van der Waals surface area (Å²) in [4.78, 5) is 10.3. The van der Waals surface area contributed by atoms with Crippen molar-refractivity contribution in [1.82, 2.24) is 15.0 Å². The first-order valence-corrected chi connectivity index (χ1v) is 2.66. The molecule has 3 nitrogen and oxygen atoms in total. The molecule has 1 aromatic rings. The van der Waals surface area contributed by atoms with Crippen LogP contribution in [0.15, 0.2) is 6.33 Å². The number of hydrogen-bond donors (Lipinski definition) is 0. The molecule has 0 bridgehead atoms. The van der Waals surface area contributed by atoms with E-state index in [9.17, 15) is 4.39 Å². The molecule has 9 heavy (non-hydrogen) atoms. The Hall–Kier alpha value is -1.06. The number of aryl methyl sites for hydroxylation is 1. The quantitative estimate of drug-likeness (QED) is 0.553. The molecule has 0 saturated carbocycles. The maximum Gasteiger partial charge on any atom is 0.311 e. The second kappa shape index (κ2) is 2.48. The molecule has 0 atom stereocenters. The predicted molar refractivity (Wildman–Crippen MR) is 29.2 cm³/mol. The molecule has 0 unspecified atom stereocenters. The van der Waals surface area contributed by atoms with Gasteiger partial charge in [0.25, 0.3) is 0 Å². The van der Waals surface area contributed by atoms with Crippen molar-refractivity contribution in [2.75, 3.05) is 0 Å². The molecule has 0 aliphatic carbocycles. The maximum atomic E-state index is 12.1. The van der Waals surface area contributed by atoms with E-state index in [1.54, 1.807) is 0 Å². The third-order valence-corrected chi connectivity index (χ3v) is 0.909. The molecule has 0 fully saturated rings. The minimum atomic E-state index is -0.707. The van der Waals surface area contributed by atoms with Crippen LogP contribution in [-0.4, -0.2) is 15.0 Å². The number of rotatable bonds is 1. The van der Waals surface area contributed by atoms with Gasteiger partial charge in [0.05, 0.1) is 0 Å². The van der Waals surface area contributed by atoms with E-state index in [1.165, 1.54) is 6.33 Å². The average molecular weight is 127 g/mol. The molecule has 1 rings (SSSR count). The van der Waals surface area contributed by atoms with Gasteiger partial charge in [-0.05, 0) is 0 Å². The smallest absolute Gasteiger partial charge is 0.221 e. The van der Waals surface area contributed by atoms with Gasteiger partial charge in [0.2, 0.25) is 0 Å². The van der Waals surface area contributed by atoms with Gasteiger partial charge in [-0.25, -0.2) is 4.98 Å². The lowest BCUT2D eigenvalue weighted by molar-refractivity contribution is 0.523. The number of hydrogen-bond acceptors (Lipinski definition) is 3. The molecule has 48 valence electrons. The van der Waals surface area contributed by atoms with Crippen LogP contribution < -0.4 is 0 Å². The molecule has 0 aliphatic rings. The van der Waals surface area contributed by atoms with Gasteiger partial charge in [-0.3, -0.25) is 0 Å². The molecule has 0 aromatic carbocycles. The first-order chi connectivity index (χ1) is 4.33. The van der Waals surface area contributed by atoms with Gasteiger partial charge in [0.15, 0.2) is 0 Å². The summed E-state index contributed by atoms with van der Waals surface area (Å²) >= 11 is 0. The van der Waals surface area contributed by atoms with E-state index in [1.807, 2.05) is 6.92 Å². The number of halogens is 1. The van der Waals surface area contributed by atoms with E-state index in [0.717, 1.165) is 0 Å². The zero-order valence-corrected chi connectivity index (χ0v) is 5.00. The minimum Gasteiger partial charge on any atom is -0.221 e. The lowest BCUT2D eigenvalue weighted by atomic mass is 10.5. The molecule has 0 amide bonds. The third-order valence-electron chi connectivity index (χ3n) is 0.909. The summed E-state index contributed by atoms with van der Waals surface area (Å²) in [5.41, 5.74) is 0. The standard InChI is InChI=1S/C5H6FN3/c1-2-4-7-3-8-5(6)9-4/h3H,2H2,1H3. The summed E-state index contributed by atoms with van der Waals surface area (Å²) in [6.45, 7) is 1.86. The molecule has 1 aromatic heterocycles. The molecule has 0 aliphatic heterocycles. The van der Waals surface area contributed by atoms with Gasteiger partial charge >= 0.3 is 6.08 Å². The fourth-order valence-corrected chi connectivity index (χ4v) is 0.478. The van der Waals surface area contributed by atoms with Gasteiger partial charge in [-0.1, -0.05) is 6.92 Å². The first-order valence-electron chi connectivity index (χ1n) is 2.66. The third kappa shape index (κ3) is 1.42. The van der Waals surface area contributed by atoms with Crippen LogP contribution in [0.4, 0.5) is 4.39 Å². The van der Waals surface area contributed by atoms with Gasteiger partial charge in [0.1, 0.15) is 12.2 Å². The molecule has 0 N–H and O–H groups in total. The Kier molecular flexibility index (Phi) is 1.67. The zero-order valence-electron chi connectivity index (χ0n) is 5.00. The van der Waals surface area contributed by atoms with Crippen molar-refractivity contribution in [3.05, 3.63) is 18.2 Å². The molecule has 0 radical (unpaired) electrons. The minimum absolute atomic E-state index is 0.488. The highest BCUT2D eigenvalue weighted by Crippen LogP contribution is 1.88. The second-order valence-electron chi connectivity index (χ2n) is 1.52. The van der Waals surface area contributed by atoms with Crippen molar-refractivity contribution in [3.63, 3.8) is 0 Å². The van der Waals surface area contributed by atoms with E-state index in [4.69, 9.17) is 0 Å². The summed E-state index contributed by atoms with van der Waals surface area (Å²) in [5, 5.41) is 0. The maximum absolute atomic E-state index is 12.1. The highest BCUT2D eigenvalue weighted by Gasteiger charge is 1.93. The van der Waals surface area contributed by atoms with Crippen molar-refractivity contribution in [1.29, 1.82) is 0 Å². The van der Waals surface area contributed by atoms with Gasteiger partial charge in [0, 0.05) is 6.42 Å². The fraction of sp³-hybridized carbons (Fsp3) is 0.400. The number of aromatic nitrogens is 3. The lowest BCUT2D eigenvalue weighted by Crippen LogP contribution is -1.96. The van der Waals surface area contributed by atoms with Crippen molar-refractivity contribution in [2.24, 2.45) is 0 Å². The topological polar surface area (TPSA) is 38.7 Å². The monoisotopic (exact) mass is 127 g/mol. The molecule has 0 spiro atoms. The number of nitrogens with zero attached hydrogens (tertiary/aromatic N) is 3. The second-order valence-corrected chi connectivity index (χ2v) is 1.52. The zero-order chi connectivity index (χ0) is 6.69. The SMILES string of the molecule is CCc1ncnc(F)n1. The highest BCUT2D eigenvalue weighted by atomic mass is 19.1. The normalized spacial score (nSPS) is 9.56. The largest absolute Gasteiger partial charge is 0.311 e. The molecular weight excluding hydrogens is 121 g/mol. The highest BCUT2D eigenvalue weighted by molar-refractivity contribution is 4.80. The van der Waals surface area contributed by atoms with Crippen molar-refractivity contribution < 1.29 is 4.39 Å². The summed E-state index contributed by atoms with van der Waals surface area (Å²) < 4.78 is 12.1. The van der Waals surface area contributed by atoms with Crippen LogP contribution in [0.5, 0.6) is 0 Å². The van der Waals surface area contributed by atoms with Crippen LogP contribution >= 0.6 is 0 Å². The van der Waals surface area contributed by atoms with Crippen molar-refractivity contribution in [2.45, 2.75) is 13.3 Å². The molecule has 0 saturated heterocycles. The summed E-state index contributed by atoms with van der Waals surface area (Å²) in [7, 11) is 0. The molecular formula is C5H6FN3.